The van der Waals surface area contributed by atoms with Crippen LogP contribution in [0.2, 0.25) is 0 Å². The molecule has 17 heavy (non-hydrogen) atoms. The van der Waals surface area contributed by atoms with Gasteiger partial charge in [-0.15, -0.1) is 0 Å². The van der Waals surface area contributed by atoms with Gasteiger partial charge in [0.25, 0.3) is 0 Å². The first-order valence-electron chi connectivity index (χ1n) is 5.44. The minimum absolute atomic E-state index is 0.259. The summed E-state index contributed by atoms with van der Waals surface area (Å²) >= 11 is 0. The van der Waals surface area contributed by atoms with Crippen molar-refractivity contribution >= 4 is 11.0 Å². The van der Waals surface area contributed by atoms with E-state index in [1.54, 1.807) is 12.1 Å². The molecule has 2 aromatic carbocycles. The van der Waals surface area contributed by atoms with E-state index >= 15 is 0 Å². The van der Waals surface area contributed by atoms with Gasteiger partial charge in [-0.2, -0.15) is 0 Å². The number of hydrogen-bond donors (Lipinski definition) is 1. The first-order chi connectivity index (χ1) is 8.33. The van der Waals surface area contributed by atoms with Gasteiger partial charge in [0.05, 0.1) is 10.9 Å². The normalized spacial score (nSPS) is 10.6. The van der Waals surface area contributed by atoms with Gasteiger partial charge >= 0.3 is 11.3 Å². The second-order valence-electron chi connectivity index (χ2n) is 3.88. The summed E-state index contributed by atoms with van der Waals surface area (Å²) in [7, 11) is 0. The number of phenols is 1. The Morgan fingerprint density at radius 2 is 1.53 bits per heavy atom. The van der Waals surface area contributed by atoms with Crippen LogP contribution < -0.4 is 0 Å². The number of rotatable bonds is 1. The van der Waals surface area contributed by atoms with Gasteiger partial charge in [0.2, 0.25) is 0 Å². The molecule has 0 radical (unpaired) electrons. The van der Waals surface area contributed by atoms with E-state index in [1.807, 2.05) is 48.5 Å². The lowest BCUT2D eigenvalue weighted by Gasteiger charge is -1.94. The molecule has 0 saturated carbocycles. The monoisotopic (exact) mass is 223 g/mol. The highest BCUT2D eigenvalue weighted by Gasteiger charge is 2.13. The van der Waals surface area contributed by atoms with E-state index in [1.165, 1.54) is 0 Å². The Morgan fingerprint density at radius 1 is 0.765 bits per heavy atom. The van der Waals surface area contributed by atoms with Gasteiger partial charge in [-0.05, 0) is 36.4 Å². The average molecular weight is 223 g/mol. The number of hydrogen-bond acceptors (Lipinski definition) is 1. The fourth-order valence-corrected chi connectivity index (χ4v) is 1.81. The van der Waals surface area contributed by atoms with Crippen LogP contribution in [0, 0.1) is 0 Å². The fraction of sp³-hybridized carbons (Fsp3) is 0. The topological polar surface area (TPSA) is 31.5 Å². The number of para-hydroxylation sites is 1. The summed E-state index contributed by atoms with van der Waals surface area (Å²) in [5.41, 5.74) is 1.81. The predicted octanol–water partition coefficient (Wildman–Crippen LogP) is 4.09. The molecule has 0 amide bonds. The average Bonchev–Trinajstić information content (AvgIpc) is 2.39. The molecule has 2 heteroatoms. The molecule has 82 valence electrons. The minimum Gasteiger partial charge on any atom is -0.508 e. The summed E-state index contributed by atoms with van der Waals surface area (Å²) in [5, 5.41) is 10.3. The van der Waals surface area contributed by atoms with Crippen molar-refractivity contribution in [2.45, 2.75) is 0 Å². The van der Waals surface area contributed by atoms with Crippen molar-refractivity contribution in [2.75, 3.05) is 0 Å². The lowest BCUT2D eigenvalue weighted by Crippen LogP contribution is -1.78. The Bertz CT molecular complexity index is 657. The van der Waals surface area contributed by atoms with Crippen molar-refractivity contribution < 1.29 is 9.52 Å². The lowest BCUT2D eigenvalue weighted by atomic mass is 10.1. The van der Waals surface area contributed by atoms with Crippen molar-refractivity contribution in [2.24, 2.45) is 0 Å². The highest BCUT2D eigenvalue weighted by atomic mass is 16.3. The summed E-state index contributed by atoms with van der Waals surface area (Å²) < 4.78 is 5.81. The largest absolute Gasteiger partial charge is 0.508 e. The van der Waals surface area contributed by atoms with Gasteiger partial charge in [0.15, 0.2) is 0 Å². The number of benzene rings is 2. The van der Waals surface area contributed by atoms with Crippen LogP contribution in [0.1, 0.15) is 0 Å². The zero-order valence-electron chi connectivity index (χ0n) is 9.13. The highest BCUT2D eigenvalue weighted by molar-refractivity contribution is 5.78. The summed E-state index contributed by atoms with van der Waals surface area (Å²) in [6.07, 6.45) is 0. The van der Waals surface area contributed by atoms with Crippen molar-refractivity contribution in [1.29, 1.82) is 0 Å². The number of fused-ring (bicyclic) bond motifs is 1. The van der Waals surface area contributed by atoms with Gasteiger partial charge in [0.1, 0.15) is 5.75 Å². The molecule has 1 aromatic heterocycles. The Balaban J connectivity index is 2.14. The molecule has 0 aliphatic heterocycles. The summed E-state index contributed by atoms with van der Waals surface area (Å²) in [5.74, 6) is 1.05. The SMILES string of the molecule is Oc1ccc(-c2ccc3ccccc3[o+]2)cc1. The number of aromatic hydroxyl groups is 1. The molecule has 0 saturated heterocycles. The fourth-order valence-electron chi connectivity index (χ4n) is 1.81. The van der Waals surface area contributed by atoms with Crippen LogP contribution in [-0.2, 0) is 0 Å². The van der Waals surface area contributed by atoms with Crippen LogP contribution in [0.4, 0.5) is 0 Å². The van der Waals surface area contributed by atoms with Crippen LogP contribution in [0.25, 0.3) is 22.3 Å². The Labute approximate surface area is 98.8 Å². The van der Waals surface area contributed by atoms with Crippen molar-refractivity contribution in [1.82, 2.24) is 0 Å². The third kappa shape index (κ3) is 1.85. The Hall–Kier alpha value is -2.35. The van der Waals surface area contributed by atoms with Crippen LogP contribution in [-0.4, -0.2) is 5.11 Å². The van der Waals surface area contributed by atoms with Crippen molar-refractivity contribution in [3.05, 3.63) is 60.7 Å². The molecule has 1 N–H and O–H groups in total. The van der Waals surface area contributed by atoms with Crippen LogP contribution in [0.15, 0.2) is 65.1 Å². The molecule has 0 fully saturated rings. The molecule has 0 atom stereocenters. The van der Waals surface area contributed by atoms with Gasteiger partial charge in [-0.1, -0.05) is 12.1 Å². The van der Waals surface area contributed by atoms with Crippen molar-refractivity contribution in [3.63, 3.8) is 0 Å². The van der Waals surface area contributed by atoms with Crippen LogP contribution in [0.5, 0.6) is 5.75 Å². The second-order valence-corrected chi connectivity index (χ2v) is 3.88. The highest BCUT2D eigenvalue weighted by Crippen LogP contribution is 2.25. The predicted molar refractivity (Wildman–Crippen MR) is 67.7 cm³/mol. The van der Waals surface area contributed by atoms with E-state index in [4.69, 9.17) is 4.42 Å². The maximum Gasteiger partial charge on any atom is 0.360 e. The van der Waals surface area contributed by atoms with E-state index in [0.717, 1.165) is 22.3 Å². The maximum atomic E-state index is 9.24. The number of phenolic OH excluding ortho intramolecular Hbond substituents is 1. The van der Waals surface area contributed by atoms with Crippen molar-refractivity contribution in [3.8, 4) is 17.1 Å². The van der Waals surface area contributed by atoms with E-state index < -0.39 is 0 Å². The molecule has 3 rings (SSSR count). The zero-order chi connectivity index (χ0) is 11.7. The molecule has 0 aliphatic rings. The van der Waals surface area contributed by atoms with E-state index in [0.29, 0.717) is 0 Å². The van der Waals surface area contributed by atoms with Gasteiger partial charge in [-0.3, -0.25) is 0 Å². The zero-order valence-corrected chi connectivity index (χ0v) is 9.13. The second kappa shape index (κ2) is 3.91. The van der Waals surface area contributed by atoms with Crippen LogP contribution >= 0.6 is 0 Å². The molecule has 2 nitrogen and oxygen atoms in total. The molecule has 3 aromatic rings. The lowest BCUT2D eigenvalue weighted by molar-refractivity contribution is 0.475. The van der Waals surface area contributed by atoms with E-state index in [9.17, 15) is 5.11 Å². The quantitative estimate of drug-likeness (QED) is 0.630. The van der Waals surface area contributed by atoms with Gasteiger partial charge < -0.3 is 5.11 Å². The third-order valence-electron chi connectivity index (χ3n) is 2.71. The van der Waals surface area contributed by atoms with Gasteiger partial charge in [0, 0.05) is 12.1 Å². The molecule has 0 aliphatic carbocycles. The Kier molecular flexibility index (Phi) is 2.26. The van der Waals surface area contributed by atoms with Gasteiger partial charge in [-0.25, -0.2) is 4.42 Å². The third-order valence-corrected chi connectivity index (χ3v) is 2.71. The molecule has 0 bridgehead atoms. The maximum absolute atomic E-state index is 9.24. The van der Waals surface area contributed by atoms with E-state index in [2.05, 4.69) is 0 Å². The van der Waals surface area contributed by atoms with E-state index in [-0.39, 0.29) is 5.75 Å². The smallest absolute Gasteiger partial charge is 0.360 e. The molecule has 0 unspecified atom stereocenters. The molecule has 0 spiro atoms. The summed E-state index contributed by atoms with van der Waals surface area (Å²) in [6, 6.07) is 18.8. The Morgan fingerprint density at radius 3 is 2.35 bits per heavy atom. The summed E-state index contributed by atoms with van der Waals surface area (Å²) in [6.45, 7) is 0. The molecular weight excluding hydrogens is 212 g/mol. The minimum atomic E-state index is 0.259. The summed E-state index contributed by atoms with van der Waals surface area (Å²) in [4.78, 5) is 0. The molecular formula is C15H11O2+. The standard InChI is InChI=1S/C15H10O2/c16-13-8-5-12(6-9-13)15-10-7-11-3-1-2-4-14(11)17-15/h1-10H/p+1. The van der Waals surface area contributed by atoms with Crippen LogP contribution in [0.3, 0.4) is 0 Å². The first-order valence-corrected chi connectivity index (χ1v) is 5.44. The first kappa shape index (κ1) is 9.85. The molecule has 1 heterocycles.